The van der Waals surface area contributed by atoms with Crippen molar-refractivity contribution in [1.82, 2.24) is 5.32 Å². The molecule has 122 valence electrons. The molecular formula is C17H20N2O4. The Kier molecular flexibility index (Phi) is 5.54. The standard InChI is InChI=1S/C17H20N2O4/c1-11-5-6-13(8-12(11)2)19-16(20)9-15(17(21)22)18-10-14-4-3-7-23-14/h3-8,15,18H,9-10H2,1-2H3,(H,19,20)(H,21,22). The van der Waals surface area contributed by atoms with Crippen molar-refractivity contribution in [2.75, 3.05) is 5.32 Å². The van der Waals surface area contributed by atoms with E-state index in [4.69, 9.17) is 4.42 Å². The summed E-state index contributed by atoms with van der Waals surface area (Å²) in [6.45, 7) is 4.19. The van der Waals surface area contributed by atoms with Crippen molar-refractivity contribution in [1.29, 1.82) is 0 Å². The van der Waals surface area contributed by atoms with Gasteiger partial charge in [0.25, 0.3) is 0 Å². The van der Waals surface area contributed by atoms with E-state index in [2.05, 4.69) is 10.6 Å². The third-order valence-corrected chi connectivity index (χ3v) is 3.58. The molecule has 0 aliphatic rings. The Morgan fingerprint density at radius 1 is 1.22 bits per heavy atom. The van der Waals surface area contributed by atoms with Crippen LogP contribution in [0.2, 0.25) is 0 Å². The molecule has 0 fully saturated rings. The zero-order chi connectivity index (χ0) is 16.8. The number of hydrogen-bond acceptors (Lipinski definition) is 4. The lowest BCUT2D eigenvalue weighted by atomic mass is 10.1. The molecule has 1 aromatic carbocycles. The Labute approximate surface area is 134 Å². The first-order valence-corrected chi connectivity index (χ1v) is 7.31. The number of rotatable bonds is 7. The summed E-state index contributed by atoms with van der Waals surface area (Å²) < 4.78 is 5.13. The molecule has 0 spiro atoms. The molecule has 2 rings (SSSR count). The van der Waals surface area contributed by atoms with Gasteiger partial charge in [0.15, 0.2) is 0 Å². The third kappa shape index (κ3) is 4.96. The number of hydrogen-bond donors (Lipinski definition) is 3. The van der Waals surface area contributed by atoms with Crippen molar-refractivity contribution in [2.45, 2.75) is 32.9 Å². The maximum atomic E-state index is 12.0. The van der Waals surface area contributed by atoms with Crippen LogP contribution in [0.15, 0.2) is 41.0 Å². The maximum Gasteiger partial charge on any atom is 0.321 e. The second kappa shape index (κ2) is 7.60. The first-order valence-electron chi connectivity index (χ1n) is 7.31. The Balaban J connectivity index is 1.91. The van der Waals surface area contributed by atoms with Gasteiger partial charge in [0.2, 0.25) is 5.91 Å². The lowest BCUT2D eigenvalue weighted by Crippen LogP contribution is -2.39. The zero-order valence-electron chi connectivity index (χ0n) is 13.1. The molecule has 1 unspecified atom stereocenters. The molecule has 23 heavy (non-hydrogen) atoms. The number of carbonyl (C=O) groups excluding carboxylic acids is 1. The lowest BCUT2D eigenvalue weighted by molar-refractivity contribution is -0.141. The van der Waals surface area contributed by atoms with Crippen LogP contribution in [0.3, 0.4) is 0 Å². The van der Waals surface area contributed by atoms with Gasteiger partial charge in [-0.15, -0.1) is 0 Å². The predicted octanol–water partition coefficient (Wildman–Crippen LogP) is 2.47. The van der Waals surface area contributed by atoms with Gasteiger partial charge < -0.3 is 14.8 Å². The second-order valence-electron chi connectivity index (χ2n) is 5.40. The fourth-order valence-electron chi connectivity index (χ4n) is 2.10. The van der Waals surface area contributed by atoms with E-state index in [9.17, 15) is 14.7 Å². The van der Waals surface area contributed by atoms with E-state index in [1.807, 2.05) is 26.0 Å². The number of nitrogens with one attached hydrogen (secondary N) is 2. The van der Waals surface area contributed by atoms with Crippen molar-refractivity contribution in [3.63, 3.8) is 0 Å². The van der Waals surface area contributed by atoms with Gasteiger partial charge in [-0.05, 0) is 49.2 Å². The largest absolute Gasteiger partial charge is 0.480 e. The summed E-state index contributed by atoms with van der Waals surface area (Å²) in [5.74, 6) is -0.815. The number of furan rings is 1. The normalized spacial score (nSPS) is 11.9. The van der Waals surface area contributed by atoms with Crippen LogP contribution in [0, 0.1) is 13.8 Å². The summed E-state index contributed by atoms with van der Waals surface area (Å²) in [5, 5.41) is 14.8. The molecule has 0 aliphatic carbocycles. The second-order valence-corrected chi connectivity index (χ2v) is 5.40. The molecule has 0 aliphatic heterocycles. The van der Waals surface area contributed by atoms with E-state index in [0.29, 0.717) is 11.4 Å². The average Bonchev–Trinajstić information content (AvgIpc) is 3.00. The van der Waals surface area contributed by atoms with Crippen LogP contribution in [-0.4, -0.2) is 23.0 Å². The highest BCUT2D eigenvalue weighted by molar-refractivity contribution is 5.94. The van der Waals surface area contributed by atoms with Gasteiger partial charge in [-0.3, -0.25) is 14.9 Å². The van der Waals surface area contributed by atoms with E-state index in [1.54, 1.807) is 18.2 Å². The molecule has 0 radical (unpaired) electrons. The molecule has 1 aromatic heterocycles. The Morgan fingerprint density at radius 2 is 2.00 bits per heavy atom. The number of carboxylic acid groups (broad SMARTS) is 1. The number of carbonyl (C=O) groups is 2. The van der Waals surface area contributed by atoms with Gasteiger partial charge in [0.05, 0.1) is 19.2 Å². The van der Waals surface area contributed by atoms with Gasteiger partial charge in [0, 0.05) is 5.69 Å². The predicted molar refractivity (Wildman–Crippen MR) is 86.1 cm³/mol. The first-order chi connectivity index (χ1) is 11.0. The number of aryl methyl sites for hydroxylation is 2. The van der Waals surface area contributed by atoms with Crippen molar-refractivity contribution in [3.05, 3.63) is 53.5 Å². The Morgan fingerprint density at radius 3 is 2.61 bits per heavy atom. The quantitative estimate of drug-likeness (QED) is 0.730. The van der Waals surface area contributed by atoms with Gasteiger partial charge in [-0.1, -0.05) is 6.07 Å². The monoisotopic (exact) mass is 316 g/mol. The molecular weight excluding hydrogens is 296 g/mol. The van der Waals surface area contributed by atoms with Crippen LogP contribution < -0.4 is 10.6 Å². The number of anilines is 1. The molecule has 0 saturated heterocycles. The minimum absolute atomic E-state index is 0.164. The SMILES string of the molecule is Cc1ccc(NC(=O)CC(NCc2ccco2)C(=O)O)cc1C. The molecule has 3 N–H and O–H groups in total. The Hall–Kier alpha value is -2.60. The lowest BCUT2D eigenvalue weighted by Gasteiger charge is -2.14. The summed E-state index contributed by atoms with van der Waals surface area (Å²) in [4.78, 5) is 23.3. The number of benzene rings is 1. The van der Waals surface area contributed by atoms with E-state index in [0.717, 1.165) is 11.1 Å². The summed E-state index contributed by atoms with van der Waals surface area (Å²) in [6.07, 6.45) is 1.35. The van der Waals surface area contributed by atoms with Crippen LogP contribution in [-0.2, 0) is 16.1 Å². The molecule has 0 saturated carbocycles. The van der Waals surface area contributed by atoms with Gasteiger partial charge in [-0.2, -0.15) is 0 Å². The van der Waals surface area contributed by atoms with Gasteiger partial charge >= 0.3 is 5.97 Å². The highest BCUT2D eigenvalue weighted by Gasteiger charge is 2.21. The summed E-state index contributed by atoms with van der Waals surface area (Å²) in [6, 6.07) is 8.05. The topological polar surface area (TPSA) is 91.6 Å². The Bertz CT molecular complexity index is 680. The fourth-order valence-corrected chi connectivity index (χ4v) is 2.10. The summed E-state index contributed by atoms with van der Waals surface area (Å²) >= 11 is 0. The number of carboxylic acids is 1. The number of aliphatic carboxylic acids is 1. The van der Waals surface area contributed by atoms with Crippen LogP contribution in [0.4, 0.5) is 5.69 Å². The minimum atomic E-state index is -1.08. The maximum absolute atomic E-state index is 12.0. The van der Waals surface area contributed by atoms with Crippen molar-refractivity contribution >= 4 is 17.6 Å². The van der Waals surface area contributed by atoms with E-state index in [-0.39, 0.29) is 18.9 Å². The van der Waals surface area contributed by atoms with Crippen LogP contribution in [0.5, 0.6) is 0 Å². The molecule has 6 heteroatoms. The molecule has 1 amide bonds. The summed E-state index contributed by atoms with van der Waals surface area (Å²) in [5.41, 5.74) is 2.85. The summed E-state index contributed by atoms with van der Waals surface area (Å²) in [7, 11) is 0. The smallest absolute Gasteiger partial charge is 0.321 e. The van der Waals surface area contributed by atoms with Crippen LogP contribution in [0.1, 0.15) is 23.3 Å². The first kappa shape index (κ1) is 16.8. The minimum Gasteiger partial charge on any atom is -0.480 e. The van der Waals surface area contributed by atoms with E-state index >= 15 is 0 Å². The molecule has 6 nitrogen and oxygen atoms in total. The molecule has 0 bridgehead atoms. The van der Waals surface area contributed by atoms with Crippen molar-refractivity contribution < 1.29 is 19.1 Å². The molecule has 2 aromatic rings. The van der Waals surface area contributed by atoms with Crippen molar-refractivity contribution in [3.8, 4) is 0 Å². The van der Waals surface area contributed by atoms with E-state index in [1.165, 1.54) is 6.26 Å². The fraction of sp³-hybridized carbons (Fsp3) is 0.294. The van der Waals surface area contributed by atoms with Crippen molar-refractivity contribution in [2.24, 2.45) is 0 Å². The highest BCUT2D eigenvalue weighted by atomic mass is 16.4. The van der Waals surface area contributed by atoms with Gasteiger partial charge in [0.1, 0.15) is 11.8 Å². The van der Waals surface area contributed by atoms with E-state index < -0.39 is 12.0 Å². The van der Waals surface area contributed by atoms with Gasteiger partial charge in [-0.25, -0.2) is 0 Å². The zero-order valence-corrected chi connectivity index (χ0v) is 13.1. The van der Waals surface area contributed by atoms with Crippen LogP contribution >= 0.6 is 0 Å². The molecule has 1 heterocycles. The highest BCUT2D eigenvalue weighted by Crippen LogP contribution is 2.14. The third-order valence-electron chi connectivity index (χ3n) is 3.58. The number of amides is 1. The average molecular weight is 316 g/mol. The van der Waals surface area contributed by atoms with Crippen LogP contribution in [0.25, 0.3) is 0 Å². The molecule has 1 atom stereocenters.